The van der Waals surface area contributed by atoms with Crippen LogP contribution >= 0.6 is 0 Å². The van der Waals surface area contributed by atoms with Gasteiger partial charge in [0.1, 0.15) is 0 Å². The van der Waals surface area contributed by atoms with E-state index in [0.717, 1.165) is 25.9 Å². The van der Waals surface area contributed by atoms with Crippen molar-refractivity contribution in [3.05, 3.63) is 34.9 Å². The number of benzene rings is 1. The molecule has 2 aliphatic rings. The van der Waals surface area contributed by atoms with E-state index >= 15 is 0 Å². The van der Waals surface area contributed by atoms with E-state index in [4.69, 9.17) is 0 Å². The Kier molecular flexibility index (Phi) is 3.83. The summed E-state index contributed by atoms with van der Waals surface area (Å²) in [4.78, 5) is 12.1. The molecule has 2 N–H and O–H groups in total. The summed E-state index contributed by atoms with van der Waals surface area (Å²) < 4.78 is 0. The number of amides is 1. The molecule has 102 valence electrons. The van der Waals surface area contributed by atoms with Crippen molar-refractivity contribution in [1.29, 1.82) is 0 Å². The van der Waals surface area contributed by atoms with Crippen LogP contribution in [0.1, 0.15) is 36.0 Å². The molecule has 3 rings (SSSR count). The van der Waals surface area contributed by atoms with Gasteiger partial charge in [0.2, 0.25) is 5.91 Å². The molecule has 1 aliphatic carbocycles. The summed E-state index contributed by atoms with van der Waals surface area (Å²) in [6, 6.07) is 6.65. The van der Waals surface area contributed by atoms with Crippen molar-refractivity contribution in [2.24, 2.45) is 5.92 Å². The largest absolute Gasteiger partial charge is 0.352 e. The minimum atomic E-state index is 0.156. The average molecular weight is 258 g/mol. The van der Waals surface area contributed by atoms with Gasteiger partial charge in [-0.3, -0.25) is 4.79 Å². The first-order valence-corrected chi connectivity index (χ1v) is 7.42. The zero-order valence-corrected chi connectivity index (χ0v) is 11.4. The highest BCUT2D eigenvalue weighted by Gasteiger charge is 2.20. The summed E-state index contributed by atoms with van der Waals surface area (Å²) in [6.07, 6.45) is 5.82. The third kappa shape index (κ3) is 2.98. The molecule has 1 fully saturated rings. The third-order valence-electron chi connectivity index (χ3n) is 4.30. The van der Waals surface area contributed by atoms with Gasteiger partial charge < -0.3 is 10.6 Å². The number of piperidine rings is 1. The van der Waals surface area contributed by atoms with Gasteiger partial charge in [0.25, 0.3) is 0 Å². The lowest BCUT2D eigenvalue weighted by atomic mass is 9.98. The van der Waals surface area contributed by atoms with Gasteiger partial charge in [0.15, 0.2) is 0 Å². The number of hydrogen-bond acceptors (Lipinski definition) is 2. The lowest BCUT2D eigenvalue weighted by Gasteiger charge is -2.22. The van der Waals surface area contributed by atoms with Crippen LogP contribution in [0.5, 0.6) is 0 Å². The second-order valence-electron chi connectivity index (χ2n) is 5.72. The zero-order chi connectivity index (χ0) is 13.1. The van der Waals surface area contributed by atoms with Gasteiger partial charge in [-0.25, -0.2) is 0 Å². The Labute approximate surface area is 114 Å². The van der Waals surface area contributed by atoms with Crippen LogP contribution < -0.4 is 10.6 Å². The normalized spacial score (nSPS) is 22.0. The summed E-state index contributed by atoms with van der Waals surface area (Å²) in [5.41, 5.74) is 4.20. The van der Waals surface area contributed by atoms with Gasteiger partial charge in [-0.1, -0.05) is 18.2 Å². The maximum Gasteiger partial charge on any atom is 0.224 e. The van der Waals surface area contributed by atoms with Crippen LogP contribution in [0.15, 0.2) is 18.2 Å². The molecular formula is C16H22N2O. The number of carbonyl (C=O) groups excluding carboxylic acids is 1. The number of carbonyl (C=O) groups is 1. The van der Waals surface area contributed by atoms with Gasteiger partial charge in [0, 0.05) is 13.1 Å². The molecule has 0 spiro atoms. The molecule has 0 bridgehead atoms. The predicted octanol–water partition coefficient (Wildman–Crippen LogP) is 1.79. The standard InChI is InChI=1S/C16H22N2O/c19-16(15-5-2-8-17-11-15)18-10-12-6-7-13-3-1-4-14(13)9-12/h6-7,9,15,17H,1-5,8,10-11H2,(H,18,19). The Bertz CT molecular complexity index is 464. The fourth-order valence-electron chi connectivity index (χ4n) is 3.14. The van der Waals surface area contributed by atoms with Gasteiger partial charge in [0.05, 0.1) is 5.92 Å². The van der Waals surface area contributed by atoms with Crippen molar-refractivity contribution < 1.29 is 4.79 Å². The lowest BCUT2D eigenvalue weighted by molar-refractivity contribution is -0.125. The summed E-state index contributed by atoms with van der Waals surface area (Å²) >= 11 is 0. The van der Waals surface area contributed by atoms with Crippen LogP contribution in [0.3, 0.4) is 0 Å². The molecule has 3 nitrogen and oxygen atoms in total. The Morgan fingerprint density at radius 1 is 1.26 bits per heavy atom. The number of hydrogen-bond donors (Lipinski definition) is 2. The van der Waals surface area contributed by atoms with Crippen molar-refractivity contribution in [3.8, 4) is 0 Å². The first kappa shape index (κ1) is 12.7. The van der Waals surface area contributed by atoms with Crippen LogP contribution in [0.4, 0.5) is 0 Å². The highest BCUT2D eigenvalue weighted by Crippen LogP contribution is 2.22. The van der Waals surface area contributed by atoms with Gasteiger partial charge >= 0.3 is 0 Å². The quantitative estimate of drug-likeness (QED) is 0.868. The molecule has 1 amide bonds. The smallest absolute Gasteiger partial charge is 0.224 e. The van der Waals surface area contributed by atoms with Crippen molar-refractivity contribution in [3.63, 3.8) is 0 Å². The number of aryl methyl sites for hydroxylation is 2. The first-order chi connectivity index (χ1) is 9.33. The lowest BCUT2D eigenvalue weighted by Crippen LogP contribution is -2.40. The fraction of sp³-hybridized carbons (Fsp3) is 0.562. The molecule has 1 saturated heterocycles. The van der Waals surface area contributed by atoms with E-state index in [0.29, 0.717) is 6.54 Å². The SMILES string of the molecule is O=C(NCc1ccc2c(c1)CCC2)C1CCCNC1. The molecule has 0 radical (unpaired) electrons. The molecule has 1 aromatic carbocycles. The third-order valence-corrected chi connectivity index (χ3v) is 4.30. The fourth-order valence-corrected chi connectivity index (χ4v) is 3.14. The molecule has 0 saturated carbocycles. The molecular weight excluding hydrogens is 236 g/mol. The van der Waals surface area contributed by atoms with Gasteiger partial charge in [-0.05, 0) is 55.3 Å². The van der Waals surface area contributed by atoms with Crippen LogP contribution in [-0.2, 0) is 24.2 Å². The minimum Gasteiger partial charge on any atom is -0.352 e. The summed E-state index contributed by atoms with van der Waals surface area (Å²) in [5, 5.41) is 6.37. The van der Waals surface area contributed by atoms with Crippen molar-refractivity contribution in [1.82, 2.24) is 10.6 Å². The Hall–Kier alpha value is -1.35. The second-order valence-corrected chi connectivity index (χ2v) is 5.72. The van der Waals surface area contributed by atoms with E-state index in [9.17, 15) is 4.79 Å². The maximum atomic E-state index is 12.1. The average Bonchev–Trinajstić information content (AvgIpc) is 2.93. The molecule has 1 aliphatic heterocycles. The Morgan fingerprint density at radius 3 is 3.00 bits per heavy atom. The second kappa shape index (κ2) is 5.74. The summed E-state index contributed by atoms with van der Waals surface area (Å²) in [7, 11) is 0. The van der Waals surface area contributed by atoms with Gasteiger partial charge in [-0.2, -0.15) is 0 Å². The van der Waals surface area contributed by atoms with E-state index in [-0.39, 0.29) is 11.8 Å². The highest BCUT2D eigenvalue weighted by molar-refractivity contribution is 5.78. The molecule has 0 aromatic heterocycles. The van der Waals surface area contributed by atoms with Crippen LogP contribution in [0, 0.1) is 5.92 Å². The van der Waals surface area contributed by atoms with E-state index in [1.807, 2.05) is 0 Å². The van der Waals surface area contributed by atoms with E-state index in [1.165, 1.54) is 36.0 Å². The van der Waals surface area contributed by atoms with E-state index < -0.39 is 0 Å². The van der Waals surface area contributed by atoms with Crippen molar-refractivity contribution in [2.45, 2.75) is 38.6 Å². The monoisotopic (exact) mass is 258 g/mol. The van der Waals surface area contributed by atoms with E-state index in [1.54, 1.807) is 0 Å². The van der Waals surface area contributed by atoms with Crippen molar-refractivity contribution >= 4 is 5.91 Å². The number of rotatable bonds is 3. The van der Waals surface area contributed by atoms with Crippen molar-refractivity contribution in [2.75, 3.05) is 13.1 Å². The number of nitrogens with one attached hydrogen (secondary N) is 2. The minimum absolute atomic E-state index is 0.156. The summed E-state index contributed by atoms with van der Waals surface area (Å²) in [6.45, 7) is 2.55. The molecule has 1 aromatic rings. The first-order valence-electron chi connectivity index (χ1n) is 7.42. The maximum absolute atomic E-state index is 12.1. The van der Waals surface area contributed by atoms with Crippen LogP contribution in [0.2, 0.25) is 0 Å². The number of fused-ring (bicyclic) bond motifs is 1. The summed E-state index contributed by atoms with van der Waals surface area (Å²) in [5.74, 6) is 0.357. The van der Waals surface area contributed by atoms with Gasteiger partial charge in [-0.15, -0.1) is 0 Å². The predicted molar refractivity (Wildman–Crippen MR) is 75.9 cm³/mol. The molecule has 1 unspecified atom stereocenters. The Morgan fingerprint density at radius 2 is 2.16 bits per heavy atom. The molecule has 19 heavy (non-hydrogen) atoms. The molecule has 3 heteroatoms. The molecule has 1 heterocycles. The zero-order valence-electron chi connectivity index (χ0n) is 11.4. The highest BCUT2D eigenvalue weighted by atomic mass is 16.1. The van der Waals surface area contributed by atoms with Crippen LogP contribution in [0.25, 0.3) is 0 Å². The van der Waals surface area contributed by atoms with E-state index in [2.05, 4.69) is 28.8 Å². The Balaban J connectivity index is 1.55. The topological polar surface area (TPSA) is 41.1 Å². The van der Waals surface area contributed by atoms with Crippen LogP contribution in [-0.4, -0.2) is 19.0 Å². The molecule has 1 atom stereocenters.